The summed E-state index contributed by atoms with van der Waals surface area (Å²) in [4.78, 5) is 20.8. The van der Waals surface area contributed by atoms with Gasteiger partial charge in [-0.1, -0.05) is 23.2 Å². The Balaban J connectivity index is 1.69. The number of hydrogen-bond donors (Lipinski definition) is 2. The van der Waals surface area contributed by atoms with Gasteiger partial charge in [-0.15, -0.1) is 0 Å². The maximum atomic E-state index is 12.5. The third kappa shape index (κ3) is 4.50. The zero-order chi connectivity index (χ0) is 18.5. The molecule has 3 rings (SSSR count). The van der Waals surface area contributed by atoms with Crippen LogP contribution in [0.5, 0.6) is 0 Å². The molecular formula is C19H16Cl2N4O. The quantitative estimate of drug-likeness (QED) is 0.613. The summed E-state index contributed by atoms with van der Waals surface area (Å²) in [6.45, 7) is 0.472. The van der Waals surface area contributed by atoms with Crippen LogP contribution in [0.2, 0.25) is 10.0 Å². The van der Waals surface area contributed by atoms with Crippen molar-refractivity contribution in [3.8, 4) is 0 Å². The molecule has 132 valence electrons. The Morgan fingerprint density at radius 2 is 1.92 bits per heavy atom. The first kappa shape index (κ1) is 18.2. The van der Waals surface area contributed by atoms with Crippen LogP contribution >= 0.6 is 23.2 Å². The largest absolute Gasteiger partial charge is 0.382 e. The van der Waals surface area contributed by atoms with Gasteiger partial charge in [-0.05, 0) is 48.0 Å². The fourth-order valence-corrected chi connectivity index (χ4v) is 3.00. The molecule has 2 heterocycles. The summed E-state index contributed by atoms with van der Waals surface area (Å²) in [5.41, 5.74) is 8.65. The second-order valence-corrected chi connectivity index (χ2v) is 6.51. The second-order valence-electron chi connectivity index (χ2n) is 5.67. The Kier molecular flexibility index (Phi) is 5.71. The smallest absolute Gasteiger partial charge is 0.168 e. The molecule has 0 fully saturated rings. The summed E-state index contributed by atoms with van der Waals surface area (Å²) < 4.78 is 0. The van der Waals surface area contributed by atoms with E-state index in [0.717, 1.165) is 16.9 Å². The molecule has 0 saturated heterocycles. The van der Waals surface area contributed by atoms with Crippen LogP contribution in [0, 0.1) is 0 Å². The molecule has 0 atom stereocenters. The molecule has 0 bridgehead atoms. The van der Waals surface area contributed by atoms with Crippen LogP contribution in [-0.2, 0) is 13.0 Å². The molecule has 7 heteroatoms. The maximum absolute atomic E-state index is 12.5. The number of rotatable bonds is 6. The van der Waals surface area contributed by atoms with Gasteiger partial charge in [0.25, 0.3) is 0 Å². The van der Waals surface area contributed by atoms with E-state index in [1.807, 2.05) is 18.2 Å². The van der Waals surface area contributed by atoms with E-state index in [0.29, 0.717) is 28.0 Å². The monoisotopic (exact) mass is 386 g/mol. The lowest BCUT2D eigenvalue weighted by molar-refractivity contribution is 0.0993. The van der Waals surface area contributed by atoms with Gasteiger partial charge in [-0.3, -0.25) is 9.78 Å². The van der Waals surface area contributed by atoms with Gasteiger partial charge in [-0.25, -0.2) is 4.98 Å². The molecule has 0 aliphatic rings. The van der Waals surface area contributed by atoms with E-state index in [2.05, 4.69) is 15.3 Å². The number of carbonyl (C=O) groups excluding carboxylic acids is 1. The SMILES string of the molecule is Nc1ncccc1NCc1cc(CC(=O)c2ccc(Cl)cc2Cl)ccn1. The van der Waals surface area contributed by atoms with E-state index < -0.39 is 0 Å². The minimum atomic E-state index is -0.0757. The lowest BCUT2D eigenvalue weighted by Crippen LogP contribution is -2.07. The molecule has 1 aromatic carbocycles. The summed E-state index contributed by atoms with van der Waals surface area (Å²) in [7, 11) is 0. The van der Waals surface area contributed by atoms with E-state index in [9.17, 15) is 4.79 Å². The lowest BCUT2D eigenvalue weighted by Gasteiger charge is -2.09. The lowest BCUT2D eigenvalue weighted by atomic mass is 10.0. The molecule has 3 N–H and O–H groups in total. The number of pyridine rings is 2. The van der Waals surface area contributed by atoms with E-state index in [4.69, 9.17) is 28.9 Å². The second kappa shape index (κ2) is 8.17. The third-order valence-electron chi connectivity index (χ3n) is 3.78. The fourth-order valence-electron chi connectivity index (χ4n) is 2.48. The Bertz CT molecular complexity index is 946. The van der Waals surface area contributed by atoms with Crippen LogP contribution in [0.15, 0.2) is 54.9 Å². The minimum absolute atomic E-state index is 0.0757. The molecule has 0 aliphatic carbocycles. The number of halogens is 2. The zero-order valence-corrected chi connectivity index (χ0v) is 15.3. The number of aromatic nitrogens is 2. The van der Waals surface area contributed by atoms with Crippen molar-refractivity contribution < 1.29 is 4.79 Å². The topological polar surface area (TPSA) is 80.9 Å². The van der Waals surface area contributed by atoms with Crippen LogP contribution in [0.4, 0.5) is 11.5 Å². The Morgan fingerprint density at radius 3 is 2.69 bits per heavy atom. The highest BCUT2D eigenvalue weighted by Gasteiger charge is 2.12. The molecule has 0 amide bonds. The Hall–Kier alpha value is -2.63. The summed E-state index contributed by atoms with van der Waals surface area (Å²) in [5, 5.41) is 4.04. The molecule has 3 aromatic rings. The predicted octanol–water partition coefficient (Wildman–Crippen LogP) is 4.40. The number of hydrogen-bond acceptors (Lipinski definition) is 5. The van der Waals surface area contributed by atoms with E-state index >= 15 is 0 Å². The number of Topliss-reactive ketones (excluding diaryl/α,β-unsaturated/α-hetero) is 1. The van der Waals surface area contributed by atoms with Crippen molar-refractivity contribution in [2.75, 3.05) is 11.1 Å². The van der Waals surface area contributed by atoms with E-state index in [1.54, 1.807) is 36.7 Å². The van der Waals surface area contributed by atoms with Crippen molar-refractivity contribution in [2.45, 2.75) is 13.0 Å². The average molecular weight is 387 g/mol. The van der Waals surface area contributed by atoms with Gasteiger partial charge in [0.05, 0.1) is 22.9 Å². The van der Waals surface area contributed by atoms with Gasteiger partial charge < -0.3 is 11.1 Å². The average Bonchev–Trinajstić information content (AvgIpc) is 2.61. The number of ketones is 1. The highest BCUT2D eigenvalue weighted by molar-refractivity contribution is 6.36. The molecule has 0 unspecified atom stereocenters. The normalized spacial score (nSPS) is 10.5. The summed E-state index contributed by atoms with van der Waals surface area (Å²) in [6.07, 6.45) is 3.54. The van der Waals surface area contributed by atoms with Gasteiger partial charge in [0.2, 0.25) is 0 Å². The number of nitrogens with one attached hydrogen (secondary N) is 1. The van der Waals surface area contributed by atoms with Crippen molar-refractivity contribution in [1.29, 1.82) is 0 Å². The highest BCUT2D eigenvalue weighted by Crippen LogP contribution is 2.22. The Labute approximate surface area is 161 Å². The standard InChI is InChI=1S/C19H16Cl2N4O/c20-13-3-4-15(16(21)10-13)18(26)9-12-5-7-23-14(8-12)11-25-17-2-1-6-24-19(17)22/h1-8,10,25H,9,11H2,(H2,22,24). The van der Waals surface area contributed by atoms with Crippen LogP contribution in [0.3, 0.4) is 0 Å². The van der Waals surface area contributed by atoms with Gasteiger partial charge >= 0.3 is 0 Å². The molecule has 5 nitrogen and oxygen atoms in total. The van der Waals surface area contributed by atoms with Crippen molar-refractivity contribution in [3.63, 3.8) is 0 Å². The number of nitrogens with zero attached hydrogens (tertiary/aromatic N) is 2. The van der Waals surface area contributed by atoms with Crippen LogP contribution in [-0.4, -0.2) is 15.8 Å². The molecule has 0 spiro atoms. The molecule has 0 saturated carbocycles. The number of anilines is 2. The fraction of sp³-hybridized carbons (Fsp3) is 0.105. The van der Waals surface area contributed by atoms with Crippen molar-refractivity contribution in [1.82, 2.24) is 9.97 Å². The number of carbonyl (C=O) groups is 1. The van der Waals surface area contributed by atoms with Crippen LogP contribution in [0.25, 0.3) is 0 Å². The molecular weight excluding hydrogens is 371 g/mol. The van der Waals surface area contributed by atoms with Gasteiger partial charge in [0.1, 0.15) is 5.82 Å². The van der Waals surface area contributed by atoms with Crippen molar-refractivity contribution in [2.24, 2.45) is 0 Å². The molecule has 0 aliphatic heterocycles. The molecule has 26 heavy (non-hydrogen) atoms. The summed E-state index contributed by atoms with van der Waals surface area (Å²) in [5.74, 6) is 0.351. The zero-order valence-electron chi connectivity index (χ0n) is 13.7. The van der Waals surface area contributed by atoms with Gasteiger partial charge in [0, 0.05) is 29.4 Å². The minimum Gasteiger partial charge on any atom is -0.382 e. The van der Waals surface area contributed by atoms with Crippen LogP contribution < -0.4 is 11.1 Å². The van der Waals surface area contributed by atoms with Crippen LogP contribution in [0.1, 0.15) is 21.6 Å². The number of benzene rings is 1. The predicted molar refractivity (Wildman–Crippen MR) is 105 cm³/mol. The number of nitrogen functional groups attached to an aromatic ring is 1. The van der Waals surface area contributed by atoms with Crippen molar-refractivity contribution in [3.05, 3.63) is 81.7 Å². The first-order valence-electron chi connectivity index (χ1n) is 7.89. The van der Waals surface area contributed by atoms with Gasteiger partial charge in [-0.2, -0.15) is 0 Å². The highest BCUT2D eigenvalue weighted by atomic mass is 35.5. The van der Waals surface area contributed by atoms with E-state index in [1.165, 1.54) is 0 Å². The van der Waals surface area contributed by atoms with Crippen molar-refractivity contribution >= 4 is 40.5 Å². The van der Waals surface area contributed by atoms with E-state index in [-0.39, 0.29) is 12.2 Å². The summed E-state index contributed by atoms with van der Waals surface area (Å²) >= 11 is 12.0. The third-order valence-corrected chi connectivity index (χ3v) is 4.32. The molecule has 2 aromatic heterocycles. The maximum Gasteiger partial charge on any atom is 0.168 e. The van der Waals surface area contributed by atoms with Gasteiger partial charge in [0.15, 0.2) is 5.78 Å². The first-order chi connectivity index (χ1) is 12.5. The number of nitrogens with two attached hydrogens (primary N) is 1. The first-order valence-corrected chi connectivity index (χ1v) is 8.65. The summed E-state index contributed by atoms with van der Waals surface area (Å²) in [6, 6.07) is 12.2. The Morgan fingerprint density at radius 1 is 1.08 bits per heavy atom. The molecule has 0 radical (unpaired) electrons.